The molecule has 3 heterocycles. The van der Waals surface area contributed by atoms with Crippen LogP contribution in [0.3, 0.4) is 0 Å². The molecular formula is C19H26N4O3S2. The van der Waals surface area contributed by atoms with Crippen molar-refractivity contribution in [2.75, 3.05) is 25.4 Å². The molecule has 1 fully saturated rings. The number of nitrogens with zero attached hydrogens (tertiary/aromatic N) is 3. The predicted molar refractivity (Wildman–Crippen MR) is 112 cm³/mol. The van der Waals surface area contributed by atoms with Crippen LogP contribution in [0, 0.1) is 6.92 Å². The number of rotatable bonds is 6. The van der Waals surface area contributed by atoms with Crippen molar-refractivity contribution in [2.45, 2.75) is 51.1 Å². The zero-order chi connectivity index (χ0) is 20.1. The van der Waals surface area contributed by atoms with Crippen LogP contribution in [0.4, 0.5) is 4.79 Å². The number of thiophene rings is 1. The van der Waals surface area contributed by atoms with E-state index in [2.05, 4.69) is 28.3 Å². The van der Waals surface area contributed by atoms with Gasteiger partial charge >= 0.3 is 6.09 Å². The molecule has 152 valence electrons. The van der Waals surface area contributed by atoms with E-state index in [4.69, 9.17) is 4.74 Å². The number of piperidine rings is 1. The van der Waals surface area contributed by atoms with Crippen LogP contribution in [0.1, 0.15) is 37.4 Å². The molecule has 2 aromatic heterocycles. The van der Waals surface area contributed by atoms with Gasteiger partial charge in [0, 0.05) is 29.4 Å². The summed E-state index contributed by atoms with van der Waals surface area (Å²) >= 11 is 3.14. The number of aryl methyl sites for hydroxylation is 2. The number of nitrogens with one attached hydrogen (secondary N) is 1. The standard InChI is InChI=1S/C19H26N4O3S2/c1-4-14-10-15-17(20-12(3)21-18(15)28-14)27-11-16(24)22-13-6-8-23(9-7-13)19(25)26-5-2/h10,13H,4-9,11H2,1-3H3,(H,22,24). The fourth-order valence-corrected chi connectivity index (χ4v) is 5.09. The minimum Gasteiger partial charge on any atom is -0.450 e. The molecule has 0 atom stereocenters. The molecule has 1 saturated heterocycles. The highest BCUT2D eigenvalue weighted by Gasteiger charge is 2.24. The molecule has 0 aromatic carbocycles. The lowest BCUT2D eigenvalue weighted by molar-refractivity contribution is -0.119. The Morgan fingerprint density at radius 2 is 2.07 bits per heavy atom. The third-order valence-electron chi connectivity index (χ3n) is 4.60. The van der Waals surface area contributed by atoms with Crippen LogP contribution >= 0.6 is 23.1 Å². The molecule has 2 amide bonds. The molecule has 0 bridgehead atoms. The van der Waals surface area contributed by atoms with Gasteiger partial charge in [-0.25, -0.2) is 14.8 Å². The minimum absolute atomic E-state index is 0.00468. The van der Waals surface area contributed by atoms with Crippen molar-refractivity contribution < 1.29 is 14.3 Å². The Bertz CT molecular complexity index is 847. The van der Waals surface area contributed by atoms with Crippen molar-refractivity contribution in [3.8, 4) is 0 Å². The fraction of sp³-hybridized carbons (Fsp3) is 0.579. The number of carbonyl (C=O) groups is 2. The largest absolute Gasteiger partial charge is 0.450 e. The lowest BCUT2D eigenvalue weighted by Crippen LogP contribution is -2.47. The summed E-state index contributed by atoms with van der Waals surface area (Å²) in [5.74, 6) is 1.04. The van der Waals surface area contributed by atoms with Crippen LogP contribution in [-0.4, -0.2) is 58.4 Å². The Morgan fingerprint density at radius 3 is 2.75 bits per heavy atom. The highest BCUT2D eigenvalue weighted by molar-refractivity contribution is 8.00. The summed E-state index contributed by atoms with van der Waals surface area (Å²) in [6.07, 6.45) is 2.19. The van der Waals surface area contributed by atoms with Gasteiger partial charge in [0.25, 0.3) is 0 Å². The highest BCUT2D eigenvalue weighted by Crippen LogP contribution is 2.31. The molecule has 1 aliphatic heterocycles. The molecule has 0 aliphatic carbocycles. The number of hydrogen-bond acceptors (Lipinski definition) is 7. The van der Waals surface area contributed by atoms with Gasteiger partial charge in [0.15, 0.2) is 0 Å². The van der Waals surface area contributed by atoms with E-state index in [-0.39, 0.29) is 18.0 Å². The van der Waals surface area contributed by atoms with Gasteiger partial charge in [0.1, 0.15) is 15.7 Å². The average molecular weight is 423 g/mol. The van der Waals surface area contributed by atoms with E-state index in [1.807, 2.05) is 6.92 Å². The molecule has 1 aliphatic rings. The molecule has 0 spiro atoms. The monoisotopic (exact) mass is 422 g/mol. The molecule has 0 saturated carbocycles. The first-order chi connectivity index (χ1) is 13.5. The maximum Gasteiger partial charge on any atom is 0.409 e. The molecule has 28 heavy (non-hydrogen) atoms. The van der Waals surface area contributed by atoms with Crippen molar-refractivity contribution in [2.24, 2.45) is 0 Å². The zero-order valence-corrected chi connectivity index (χ0v) is 18.1. The molecule has 2 aromatic rings. The summed E-state index contributed by atoms with van der Waals surface area (Å²) in [6, 6.07) is 2.23. The van der Waals surface area contributed by atoms with Gasteiger partial charge in [0.2, 0.25) is 5.91 Å². The van der Waals surface area contributed by atoms with Gasteiger partial charge in [-0.3, -0.25) is 4.79 Å². The van der Waals surface area contributed by atoms with Crippen LogP contribution < -0.4 is 5.32 Å². The van der Waals surface area contributed by atoms with Gasteiger partial charge in [0.05, 0.1) is 12.4 Å². The first kappa shape index (κ1) is 20.9. The molecule has 0 radical (unpaired) electrons. The van der Waals surface area contributed by atoms with Gasteiger partial charge in [-0.2, -0.15) is 0 Å². The van der Waals surface area contributed by atoms with Crippen molar-refractivity contribution in [3.63, 3.8) is 0 Å². The third-order valence-corrected chi connectivity index (χ3v) is 6.76. The maximum absolute atomic E-state index is 12.4. The summed E-state index contributed by atoms with van der Waals surface area (Å²) in [5, 5.41) is 4.98. The van der Waals surface area contributed by atoms with Gasteiger partial charge in [-0.15, -0.1) is 11.3 Å². The molecule has 9 heteroatoms. The normalized spacial score (nSPS) is 15.0. The van der Waals surface area contributed by atoms with E-state index < -0.39 is 0 Å². The number of aromatic nitrogens is 2. The maximum atomic E-state index is 12.4. The Hall–Kier alpha value is -1.87. The Morgan fingerprint density at radius 1 is 1.32 bits per heavy atom. The quantitative estimate of drug-likeness (QED) is 0.567. The third kappa shape index (κ3) is 5.14. The number of amides is 2. The van der Waals surface area contributed by atoms with Crippen LogP contribution in [0.15, 0.2) is 11.1 Å². The zero-order valence-electron chi connectivity index (χ0n) is 16.5. The second kappa shape index (κ2) is 9.56. The Balaban J connectivity index is 1.52. The molecule has 7 nitrogen and oxygen atoms in total. The van der Waals surface area contributed by atoms with Crippen LogP contribution in [-0.2, 0) is 16.0 Å². The predicted octanol–water partition coefficient (Wildman–Crippen LogP) is 3.39. The van der Waals surface area contributed by atoms with Crippen LogP contribution in [0.2, 0.25) is 0 Å². The van der Waals surface area contributed by atoms with Crippen molar-refractivity contribution >= 4 is 45.3 Å². The van der Waals surface area contributed by atoms with Crippen LogP contribution in [0.5, 0.6) is 0 Å². The highest BCUT2D eigenvalue weighted by atomic mass is 32.2. The summed E-state index contributed by atoms with van der Waals surface area (Å²) in [7, 11) is 0. The number of thioether (sulfide) groups is 1. The lowest BCUT2D eigenvalue weighted by atomic mass is 10.1. The van der Waals surface area contributed by atoms with Crippen LogP contribution in [0.25, 0.3) is 10.2 Å². The smallest absolute Gasteiger partial charge is 0.409 e. The minimum atomic E-state index is -0.270. The molecule has 3 rings (SSSR count). The van der Waals surface area contributed by atoms with Crippen molar-refractivity contribution in [3.05, 3.63) is 16.8 Å². The Kier molecular flexibility index (Phi) is 7.12. The summed E-state index contributed by atoms with van der Waals surface area (Å²) < 4.78 is 5.02. The fourth-order valence-electron chi connectivity index (χ4n) is 3.16. The van der Waals surface area contributed by atoms with E-state index in [0.29, 0.717) is 25.4 Å². The first-order valence-corrected chi connectivity index (χ1v) is 11.4. The van der Waals surface area contributed by atoms with Gasteiger partial charge in [-0.1, -0.05) is 18.7 Å². The van der Waals surface area contributed by atoms with E-state index in [0.717, 1.165) is 40.3 Å². The number of ether oxygens (including phenoxy) is 1. The summed E-state index contributed by atoms with van der Waals surface area (Å²) in [6.45, 7) is 7.40. The number of carbonyl (C=O) groups excluding carboxylic acids is 2. The Labute approximate surface area is 173 Å². The van der Waals surface area contributed by atoms with E-state index in [1.165, 1.54) is 16.6 Å². The van der Waals surface area contributed by atoms with E-state index in [9.17, 15) is 9.59 Å². The van der Waals surface area contributed by atoms with E-state index >= 15 is 0 Å². The van der Waals surface area contributed by atoms with Crippen molar-refractivity contribution in [1.29, 1.82) is 0 Å². The molecule has 1 N–H and O–H groups in total. The average Bonchev–Trinajstić information content (AvgIpc) is 3.10. The second-order valence-electron chi connectivity index (χ2n) is 6.68. The summed E-state index contributed by atoms with van der Waals surface area (Å²) in [5.41, 5.74) is 0. The first-order valence-electron chi connectivity index (χ1n) is 9.61. The SMILES string of the molecule is CCOC(=O)N1CCC(NC(=O)CSc2nc(C)nc3sc(CC)cc23)CC1. The summed E-state index contributed by atoms with van der Waals surface area (Å²) in [4.78, 5) is 37.2. The molecule has 0 unspecified atom stereocenters. The van der Waals surface area contributed by atoms with E-state index in [1.54, 1.807) is 23.2 Å². The second-order valence-corrected chi connectivity index (χ2v) is 8.76. The lowest BCUT2D eigenvalue weighted by Gasteiger charge is -2.31. The topological polar surface area (TPSA) is 84.4 Å². The van der Waals surface area contributed by atoms with Gasteiger partial charge in [-0.05, 0) is 39.2 Å². The van der Waals surface area contributed by atoms with Gasteiger partial charge < -0.3 is 15.0 Å². The van der Waals surface area contributed by atoms with Crippen molar-refractivity contribution in [1.82, 2.24) is 20.2 Å². The number of hydrogen-bond donors (Lipinski definition) is 1. The number of likely N-dealkylation sites (tertiary alicyclic amines) is 1. The number of fused-ring (bicyclic) bond motifs is 1. The molecular weight excluding hydrogens is 396 g/mol.